The average molecular weight is 870 g/mol. The van der Waals surface area contributed by atoms with Crippen LogP contribution in [-0.4, -0.2) is 47.4 Å². The Bertz CT molecular complexity index is 1050. The molecule has 0 heterocycles. The van der Waals surface area contributed by atoms with Gasteiger partial charge in [0.2, 0.25) is 5.91 Å². The number of hydrogen-bond donors (Lipinski definition) is 3. The Hall–Kier alpha value is -2.18. The summed E-state index contributed by atoms with van der Waals surface area (Å²) in [6.45, 7) is 4.87. The van der Waals surface area contributed by atoms with Gasteiger partial charge in [-0.25, -0.2) is 0 Å². The largest absolute Gasteiger partial charge is 0.466 e. The van der Waals surface area contributed by atoms with Crippen LogP contribution in [0.1, 0.15) is 271 Å². The Labute approximate surface area is 385 Å². The van der Waals surface area contributed by atoms with E-state index >= 15 is 0 Å². The molecular formula is C56H103NO5. The first-order chi connectivity index (χ1) is 30.5. The highest BCUT2D eigenvalue weighted by atomic mass is 16.5. The fraction of sp³-hybridized carbons (Fsp3) is 0.821. The molecule has 0 bridgehead atoms. The molecule has 0 aliphatic heterocycles. The van der Waals surface area contributed by atoms with Gasteiger partial charge in [-0.1, -0.05) is 210 Å². The Morgan fingerprint density at radius 2 is 0.806 bits per heavy atom. The smallest absolute Gasteiger partial charge is 0.305 e. The summed E-state index contributed by atoms with van der Waals surface area (Å²) in [5.41, 5.74) is 0. The second-order valence-corrected chi connectivity index (χ2v) is 18.2. The minimum absolute atomic E-state index is 0.0297. The first kappa shape index (κ1) is 59.8. The van der Waals surface area contributed by atoms with Gasteiger partial charge in [0.1, 0.15) is 0 Å². The van der Waals surface area contributed by atoms with Gasteiger partial charge in [0.05, 0.1) is 25.4 Å². The Morgan fingerprint density at radius 3 is 1.24 bits per heavy atom. The summed E-state index contributed by atoms with van der Waals surface area (Å²) in [7, 11) is 0. The maximum absolute atomic E-state index is 12.4. The Kier molecular flexibility index (Phi) is 49.6. The molecule has 0 saturated carbocycles. The van der Waals surface area contributed by atoms with Gasteiger partial charge in [-0.2, -0.15) is 0 Å². The second-order valence-electron chi connectivity index (χ2n) is 18.2. The summed E-state index contributed by atoms with van der Waals surface area (Å²) in [6.07, 6.45) is 63.7. The quantitative estimate of drug-likeness (QED) is 0.0322. The topological polar surface area (TPSA) is 95.9 Å². The van der Waals surface area contributed by atoms with E-state index < -0.39 is 12.1 Å². The molecule has 2 atom stereocenters. The summed E-state index contributed by atoms with van der Waals surface area (Å²) >= 11 is 0. The first-order valence-electron chi connectivity index (χ1n) is 26.9. The third-order valence-corrected chi connectivity index (χ3v) is 12.1. The minimum Gasteiger partial charge on any atom is -0.466 e. The molecule has 0 saturated heterocycles. The molecule has 0 aromatic heterocycles. The van der Waals surface area contributed by atoms with Gasteiger partial charge in [-0.15, -0.1) is 0 Å². The minimum atomic E-state index is -0.675. The average Bonchev–Trinajstić information content (AvgIpc) is 3.27. The summed E-state index contributed by atoms with van der Waals surface area (Å²) < 4.78 is 5.44. The third kappa shape index (κ3) is 47.3. The maximum Gasteiger partial charge on any atom is 0.305 e. The molecule has 6 nitrogen and oxygen atoms in total. The van der Waals surface area contributed by atoms with Crippen molar-refractivity contribution in [3.8, 4) is 0 Å². The van der Waals surface area contributed by atoms with Crippen LogP contribution in [0.15, 0.2) is 48.6 Å². The number of esters is 1. The van der Waals surface area contributed by atoms with Crippen molar-refractivity contribution < 1.29 is 24.5 Å². The molecule has 362 valence electrons. The molecule has 0 aliphatic carbocycles. The number of allylic oxidation sites excluding steroid dienone is 8. The van der Waals surface area contributed by atoms with Gasteiger partial charge in [0.15, 0.2) is 0 Å². The van der Waals surface area contributed by atoms with Crippen molar-refractivity contribution >= 4 is 11.9 Å². The number of rotatable bonds is 49. The number of aliphatic hydroxyl groups is 2. The summed E-state index contributed by atoms with van der Waals surface area (Å²) in [5, 5.41) is 23.2. The standard InChI is InChI=1S/C56H103NO5/c1-3-5-7-9-11-13-15-17-18-23-26-30-34-38-42-46-50-56(61)62-51-47-43-39-35-31-27-24-21-19-20-22-25-29-33-37-41-45-49-55(60)57-53(52-58)54(59)48-44-40-36-32-28-16-14-12-10-8-6-4-2/h13,15,18-19,21,23,27,31,53-54,58-59H,3-12,14,16-17,20,22,24-26,28-30,32-52H2,1-2H3,(H,57,60)/b15-13-,21-19-,23-18-,31-27-. The van der Waals surface area contributed by atoms with Crippen molar-refractivity contribution in [3.05, 3.63) is 48.6 Å². The molecule has 0 aliphatic rings. The molecule has 1 amide bonds. The lowest BCUT2D eigenvalue weighted by atomic mass is 10.0. The van der Waals surface area contributed by atoms with E-state index in [2.05, 4.69) is 67.8 Å². The highest BCUT2D eigenvalue weighted by molar-refractivity contribution is 5.76. The van der Waals surface area contributed by atoms with Gasteiger partial charge >= 0.3 is 5.97 Å². The molecule has 0 radical (unpaired) electrons. The van der Waals surface area contributed by atoms with Crippen molar-refractivity contribution in [1.29, 1.82) is 0 Å². The van der Waals surface area contributed by atoms with E-state index in [-0.39, 0.29) is 18.5 Å². The fourth-order valence-electron chi connectivity index (χ4n) is 7.93. The molecule has 3 N–H and O–H groups in total. The predicted molar refractivity (Wildman–Crippen MR) is 269 cm³/mol. The van der Waals surface area contributed by atoms with E-state index in [0.29, 0.717) is 25.9 Å². The Balaban J connectivity index is 3.51. The van der Waals surface area contributed by atoms with Crippen LogP contribution in [0.4, 0.5) is 0 Å². The number of amides is 1. The molecule has 0 rings (SSSR count). The molecule has 0 spiro atoms. The fourth-order valence-corrected chi connectivity index (χ4v) is 7.93. The van der Waals surface area contributed by atoms with E-state index in [1.807, 2.05) is 0 Å². The molecule has 62 heavy (non-hydrogen) atoms. The van der Waals surface area contributed by atoms with E-state index in [4.69, 9.17) is 4.74 Å². The van der Waals surface area contributed by atoms with E-state index in [1.54, 1.807) is 0 Å². The van der Waals surface area contributed by atoms with Crippen molar-refractivity contribution in [3.63, 3.8) is 0 Å². The molecule has 6 heteroatoms. The second kappa shape index (κ2) is 51.5. The van der Waals surface area contributed by atoms with Crippen molar-refractivity contribution in [2.75, 3.05) is 13.2 Å². The lowest BCUT2D eigenvalue weighted by molar-refractivity contribution is -0.143. The first-order valence-corrected chi connectivity index (χ1v) is 26.9. The summed E-state index contributed by atoms with van der Waals surface area (Å²) in [5.74, 6) is -0.0830. The number of carbonyl (C=O) groups excluding carboxylic acids is 2. The van der Waals surface area contributed by atoms with Crippen LogP contribution in [0.25, 0.3) is 0 Å². The number of ether oxygens (including phenoxy) is 1. The molecule has 0 aromatic carbocycles. The molecular weight excluding hydrogens is 767 g/mol. The van der Waals surface area contributed by atoms with Gasteiger partial charge in [-0.3, -0.25) is 9.59 Å². The van der Waals surface area contributed by atoms with E-state index in [9.17, 15) is 19.8 Å². The van der Waals surface area contributed by atoms with E-state index in [0.717, 1.165) is 96.3 Å². The lowest BCUT2D eigenvalue weighted by Gasteiger charge is -2.22. The van der Waals surface area contributed by atoms with Crippen LogP contribution in [0.2, 0.25) is 0 Å². The van der Waals surface area contributed by atoms with Gasteiger partial charge < -0.3 is 20.3 Å². The van der Waals surface area contributed by atoms with E-state index in [1.165, 1.54) is 141 Å². The van der Waals surface area contributed by atoms with Crippen LogP contribution in [0.5, 0.6) is 0 Å². The third-order valence-electron chi connectivity index (χ3n) is 12.1. The van der Waals surface area contributed by atoms with Crippen LogP contribution >= 0.6 is 0 Å². The zero-order valence-electron chi connectivity index (χ0n) is 41.1. The predicted octanol–water partition coefficient (Wildman–Crippen LogP) is 16.2. The highest BCUT2D eigenvalue weighted by Gasteiger charge is 2.20. The lowest BCUT2D eigenvalue weighted by Crippen LogP contribution is -2.45. The number of unbranched alkanes of at least 4 members (excludes halogenated alkanes) is 30. The SMILES string of the molecule is CCCCCC/C=C\C/C=C\CCCCCCCC(=O)OCCCCC/C=C\C/C=C\CCCCCCCCCC(=O)NC(CO)C(O)CCCCCCCCCCCCCC. The van der Waals surface area contributed by atoms with Gasteiger partial charge in [0, 0.05) is 12.8 Å². The summed E-state index contributed by atoms with van der Waals surface area (Å²) in [6, 6.07) is -0.554. The van der Waals surface area contributed by atoms with Gasteiger partial charge in [0.25, 0.3) is 0 Å². The Morgan fingerprint density at radius 1 is 0.452 bits per heavy atom. The van der Waals surface area contributed by atoms with Crippen molar-refractivity contribution in [2.24, 2.45) is 0 Å². The molecule has 0 fully saturated rings. The normalized spacial score (nSPS) is 13.0. The number of carbonyl (C=O) groups is 2. The zero-order valence-corrected chi connectivity index (χ0v) is 41.1. The highest BCUT2D eigenvalue weighted by Crippen LogP contribution is 2.15. The number of aliphatic hydroxyl groups excluding tert-OH is 2. The number of nitrogens with one attached hydrogen (secondary N) is 1. The maximum atomic E-state index is 12.4. The van der Waals surface area contributed by atoms with Crippen molar-refractivity contribution in [2.45, 2.75) is 283 Å². The molecule has 0 aromatic rings. The number of hydrogen-bond acceptors (Lipinski definition) is 5. The monoisotopic (exact) mass is 870 g/mol. The van der Waals surface area contributed by atoms with Gasteiger partial charge in [-0.05, 0) is 96.3 Å². The molecule has 2 unspecified atom stereocenters. The van der Waals surface area contributed by atoms with Crippen LogP contribution in [-0.2, 0) is 14.3 Å². The van der Waals surface area contributed by atoms with Crippen LogP contribution in [0.3, 0.4) is 0 Å². The summed E-state index contributed by atoms with van der Waals surface area (Å²) in [4.78, 5) is 24.5. The van der Waals surface area contributed by atoms with Crippen LogP contribution in [0, 0.1) is 0 Å². The zero-order chi connectivity index (χ0) is 45.1. The van der Waals surface area contributed by atoms with Crippen LogP contribution < -0.4 is 5.32 Å². The van der Waals surface area contributed by atoms with Crippen molar-refractivity contribution in [1.82, 2.24) is 5.32 Å².